The number of aromatic amines is 1. The molecule has 5 amide bonds. The molecule has 2 aromatic rings. The van der Waals surface area contributed by atoms with Crippen molar-refractivity contribution in [2.75, 3.05) is 6.54 Å². The highest BCUT2D eigenvalue weighted by Gasteiger charge is 2.37. The summed E-state index contributed by atoms with van der Waals surface area (Å²) in [6, 6.07) is 1.71. The number of benzene rings is 1. The molecule has 8 N–H and O–H groups in total. The highest BCUT2D eigenvalue weighted by molar-refractivity contribution is 5.96. The summed E-state index contributed by atoms with van der Waals surface area (Å²) in [6.45, 7) is 10.5. The molecule has 258 valence electrons. The fourth-order valence-electron chi connectivity index (χ4n) is 5.71. The van der Waals surface area contributed by atoms with Crippen molar-refractivity contribution in [3.63, 3.8) is 0 Å². The third-order valence-corrected chi connectivity index (χ3v) is 8.34. The Hall–Kier alpha value is -4.46. The number of amides is 5. The molecule has 0 radical (unpaired) electrons. The number of nitrogens with one attached hydrogen (secondary N) is 5. The van der Waals surface area contributed by atoms with Gasteiger partial charge in [0.25, 0.3) is 0 Å². The number of hydrogen-bond acceptors (Lipinski definition) is 7. The first-order chi connectivity index (χ1) is 22.1. The molecule has 2 heterocycles. The maximum atomic E-state index is 13.5. The number of hydrogen-bond donors (Lipinski definition) is 7. The van der Waals surface area contributed by atoms with E-state index in [4.69, 9.17) is 5.73 Å². The second-order valence-corrected chi connectivity index (χ2v) is 13.1. The summed E-state index contributed by atoms with van der Waals surface area (Å²) in [5.74, 6) is -4.33. The number of H-pyrrole nitrogens is 1. The molecule has 6 atom stereocenters. The summed E-state index contributed by atoms with van der Waals surface area (Å²) in [6.07, 6.45) is 3.20. The maximum Gasteiger partial charge on any atom is 0.326 e. The lowest BCUT2D eigenvalue weighted by atomic mass is 9.99. The molecule has 1 aromatic heterocycles. The Bertz CT molecular complexity index is 1460. The minimum absolute atomic E-state index is 0.00726. The van der Waals surface area contributed by atoms with Crippen LogP contribution in [0.25, 0.3) is 10.9 Å². The van der Waals surface area contributed by atoms with Crippen molar-refractivity contribution in [1.82, 2.24) is 31.2 Å². The molecule has 0 unspecified atom stereocenters. The first kappa shape index (κ1) is 37.0. The lowest BCUT2D eigenvalue weighted by Crippen LogP contribution is -2.59. The summed E-state index contributed by atoms with van der Waals surface area (Å²) in [7, 11) is 0. The van der Waals surface area contributed by atoms with Gasteiger partial charge in [-0.05, 0) is 63.0 Å². The van der Waals surface area contributed by atoms with Crippen LogP contribution in [0.3, 0.4) is 0 Å². The third-order valence-electron chi connectivity index (χ3n) is 8.34. The van der Waals surface area contributed by atoms with Crippen LogP contribution >= 0.6 is 0 Å². The van der Waals surface area contributed by atoms with E-state index in [1.54, 1.807) is 20.0 Å². The number of likely N-dealkylation sites (tertiary alicyclic amines) is 1. The van der Waals surface area contributed by atoms with E-state index in [0.717, 1.165) is 16.5 Å². The summed E-state index contributed by atoms with van der Waals surface area (Å²) >= 11 is 0. The van der Waals surface area contributed by atoms with E-state index in [9.17, 15) is 33.9 Å². The smallest absolute Gasteiger partial charge is 0.326 e. The van der Waals surface area contributed by atoms with Crippen LogP contribution in [0.5, 0.6) is 0 Å². The van der Waals surface area contributed by atoms with E-state index in [0.29, 0.717) is 12.8 Å². The van der Waals surface area contributed by atoms with Gasteiger partial charge in [-0.15, -0.1) is 0 Å². The van der Waals surface area contributed by atoms with Crippen molar-refractivity contribution in [3.05, 3.63) is 36.0 Å². The number of aliphatic carboxylic acids is 1. The maximum absolute atomic E-state index is 13.5. The predicted octanol–water partition coefficient (Wildman–Crippen LogP) is 0.794. The molecule has 1 saturated heterocycles. The summed E-state index contributed by atoms with van der Waals surface area (Å²) in [5.41, 5.74) is 7.97. The van der Waals surface area contributed by atoms with Crippen LogP contribution in [0.4, 0.5) is 0 Å². The van der Waals surface area contributed by atoms with Gasteiger partial charge in [0, 0.05) is 23.6 Å². The van der Waals surface area contributed by atoms with Crippen molar-refractivity contribution >= 4 is 46.4 Å². The Balaban J connectivity index is 1.60. The molecule has 1 aromatic carbocycles. The number of nitrogens with two attached hydrogens (primary N) is 1. The number of fused-ring (bicyclic) bond motifs is 1. The zero-order valence-electron chi connectivity index (χ0n) is 28.0. The molecular weight excluding hydrogens is 606 g/mol. The number of rotatable bonds is 15. The zero-order chi connectivity index (χ0) is 35.0. The fourth-order valence-corrected chi connectivity index (χ4v) is 5.71. The van der Waals surface area contributed by atoms with Gasteiger partial charge in [-0.1, -0.05) is 45.9 Å². The van der Waals surface area contributed by atoms with Gasteiger partial charge >= 0.3 is 5.97 Å². The Morgan fingerprint density at radius 1 is 0.894 bits per heavy atom. The monoisotopic (exact) mass is 655 g/mol. The van der Waals surface area contributed by atoms with Crippen molar-refractivity contribution in [3.8, 4) is 0 Å². The van der Waals surface area contributed by atoms with Crippen LogP contribution in [-0.4, -0.2) is 93.3 Å². The fraction of sp³-hybridized carbons (Fsp3) is 0.576. The SMILES string of the molecule is CC(C)C[C@H](NC(=O)[C@H](C)NC(=O)[C@@H](N)Cc1c[nH]c2ccccc12)C(=O)N[C@H](C(=O)N[C@@H](C)C(=O)N1CCC[C@H]1C(=O)O)C(C)C. The van der Waals surface area contributed by atoms with Crippen LogP contribution in [0, 0.1) is 11.8 Å². The van der Waals surface area contributed by atoms with Gasteiger partial charge in [-0.25, -0.2) is 4.79 Å². The Morgan fingerprint density at radius 2 is 1.55 bits per heavy atom. The topological polar surface area (TPSA) is 216 Å². The van der Waals surface area contributed by atoms with Crippen LogP contribution in [0.15, 0.2) is 30.5 Å². The molecule has 0 bridgehead atoms. The third kappa shape index (κ3) is 9.77. The number of carbonyl (C=O) groups is 6. The van der Waals surface area contributed by atoms with Gasteiger partial charge in [0.15, 0.2) is 0 Å². The van der Waals surface area contributed by atoms with Crippen molar-refractivity contribution in [2.45, 2.75) is 103 Å². The van der Waals surface area contributed by atoms with E-state index in [-0.39, 0.29) is 31.2 Å². The largest absolute Gasteiger partial charge is 0.480 e. The number of aromatic nitrogens is 1. The first-order valence-corrected chi connectivity index (χ1v) is 16.2. The van der Waals surface area contributed by atoms with Crippen LogP contribution in [-0.2, 0) is 35.2 Å². The Labute approximate surface area is 275 Å². The number of carboxylic acid groups (broad SMARTS) is 1. The molecule has 1 aliphatic heterocycles. The van der Waals surface area contributed by atoms with Gasteiger partial charge < -0.3 is 42.0 Å². The molecule has 3 rings (SSSR count). The number of carboxylic acids is 1. The molecule has 1 aliphatic rings. The highest BCUT2D eigenvalue weighted by Crippen LogP contribution is 2.20. The number of carbonyl (C=O) groups excluding carboxylic acids is 5. The Morgan fingerprint density at radius 3 is 2.19 bits per heavy atom. The van der Waals surface area contributed by atoms with Gasteiger partial charge in [0.2, 0.25) is 29.5 Å². The van der Waals surface area contributed by atoms with Crippen LogP contribution in [0.2, 0.25) is 0 Å². The average Bonchev–Trinajstić information content (AvgIpc) is 3.66. The standard InChI is InChI=1S/C33H49N7O7/c1-17(2)14-25(38-28(41)19(5)36-29(42)23(34)15-21-16-35-24-11-8-7-10-22(21)24)30(43)39-27(18(3)4)31(44)37-20(6)32(45)40-13-9-12-26(40)33(46)47/h7-8,10-11,16-20,23,25-27,35H,9,12-15,34H2,1-6H3,(H,36,42)(H,37,44)(H,38,41)(H,39,43)(H,46,47)/t19-,20-,23-,25-,26-,27-/m0/s1. The zero-order valence-corrected chi connectivity index (χ0v) is 28.0. The van der Waals surface area contributed by atoms with Crippen LogP contribution in [0.1, 0.15) is 66.4 Å². The first-order valence-electron chi connectivity index (χ1n) is 16.2. The summed E-state index contributed by atoms with van der Waals surface area (Å²) in [5, 5.41) is 21.0. The quantitative estimate of drug-likeness (QED) is 0.145. The van der Waals surface area contributed by atoms with Crippen molar-refractivity contribution in [1.29, 1.82) is 0 Å². The normalized spacial score (nSPS) is 17.9. The second-order valence-electron chi connectivity index (χ2n) is 13.1. The molecule has 14 nitrogen and oxygen atoms in total. The molecular formula is C33H49N7O7. The molecule has 47 heavy (non-hydrogen) atoms. The molecule has 0 aliphatic carbocycles. The van der Waals surface area contributed by atoms with Crippen molar-refractivity contribution < 1.29 is 33.9 Å². The van der Waals surface area contributed by atoms with Gasteiger partial charge in [-0.3, -0.25) is 24.0 Å². The average molecular weight is 656 g/mol. The second kappa shape index (κ2) is 16.4. The minimum atomic E-state index is -1.10. The molecule has 1 fully saturated rings. The molecule has 14 heteroatoms. The highest BCUT2D eigenvalue weighted by atomic mass is 16.4. The van der Waals surface area contributed by atoms with Gasteiger partial charge in [-0.2, -0.15) is 0 Å². The van der Waals surface area contributed by atoms with E-state index < -0.39 is 71.8 Å². The minimum Gasteiger partial charge on any atom is -0.480 e. The summed E-state index contributed by atoms with van der Waals surface area (Å²) < 4.78 is 0. The van der Waals surface area contributed by atoms with Gasteiger partial charge in [0.05, 0.1) is 6.04 Å². The molecule has 0 spiro atoms. The number of nitrogens with zero attached hydrogens (tertiary/aromatic N) is 1. The lowest BCUT2D eigenvalue weighted by molar-refractivity contribution is -0.149. The van der Waals surface area contributed by atoms with Crippen LogP contribution < -0.4 is 27.0 Å². The predicted molar refractivity (Wildman–Crippen MR) is 176 cm³/mol. The van der Waals surface area contributed by atoms with E-state index >= 15 is 0 Å². The summed E-state index contributed by atoms with van der Waals surface area (Å²) in [4.78, 5) is 81.6. The lowest BCUT2D eigenvalue weighted by Gasteiger charge is -2.29. The number of para-hydroxylation sites is 1. The van der Waals surface area contributed by atoms with Crippen molar-refractivity contribution in [2.24, 2.45) is 17.6 Å². The van der Waals surface area contributed by atoms with E-state index in [1.807, 2.05) is 38.1 Å². The Kier molecular flexibility index (Phi) is 12.9. The van der Waals surface area contributed by atoms with E-state index in [2.05, 4.69) is 26.3 Å². The van der Waals surface area contributed by atoms with E-state index in [1.165, 1.54) is 18.7 Å². The van der Waals surface area contributed by atoms with Gasteiger partial charge in [0.1, 0.15) is 30.2 Å². The molecule has 0 saturated carbocycles.